The van der Waals surface area contributed by atoms with Crippen molar-refractivity contribution >= 4 is 16.5 Å². The average Bonchev–Trinajstić information content (AvgIpc) is 3.26. The minimum atomic E-state index is 0.715. The molecular weight excluding hydrogens is 282 g/mol. The van der Waals surface area contributed by atoms with Gasteiger partial charge in [-0.1, -0.05) is 18.2 Å². The van der Waals surface area contributed by atoms with Crippen LogP contribution < -0.4 is 15.0 Å². The summed E-state index contributed by atoms with van der Waals surface area (Å²) in [5.74, 6) is 1.01. The van der Waals surface area contributed by atoms with Crippen molar-refractivity contribution < 1.29 is 4.74 Å². The lowest BCUT2D eigenvalue weighted by Crippen LogP contribution is -2.24. The Morgan fingerprint density at radius 2 is 2.24 bits per heavy atom. The number of ether oxygens (including phenoxy) is 1. The molecule has 0 atom stereocenters. The van der Waals surface area contributed by atoms with Crippen molar-refractivity contribution in [2.75, 3.05) is 18.1 Å². The summed E-state index contributed by atoms with van der Waals surface area (Å²) in [5, 5.41) is 4.64. The van der Waals surface area contributed by atoms with Crippen molar-refractivity contribution in [1.29, 1.82) is 0 Å². The third kappa shape index (κ3) is 3.04. The van der Waals surface area contributed by atoms with Gasteiger partial charge in [-0.15, -0.1) is 11.3 Å². The molecule has 1 aliphatic heterocycles. The molecule has 0 spiro atoms. The molecule has 1 aliphatic carbocycles. The van der Waals surface area contributed by atoms with Crippen LogP contribution >= 0.6 is 11.3 Å². The van der Waals surface area contributed by atoms with Crippen LogP contribution in [0.5, 0.6) is 5.75 Å². The van der Waals surface area contributed by atoms with Crippen LogP contribution in [0.4, 0.5) is 5.13 Å². The quantitative estimate of drug-likeness (QED) is 0.942. The van der Waals surface area contributed by atoms with Gasteiger partial charge in [-0.25, -0.2) is 4.98 Å². The molecule has 1 aromatic carbocycles. The van der Waals surface area contributed by atoms with E-state index in [9.17, 15) is 0 Å². The van der Waals surface area contributed by atoms with Crippen LogP contribution in [0, 0.1) is 0 Å². The van der Waals surface area contributed by atoms with Gasteiger partial charge >= 0.3 is 0 Å². The Balaban J connectivity index is 1.47. The molecule has 21 heavy (non-hydrogen) atoms. The van der Waals surface area contributed by atoms with Crippen LogP contribution in [0.2, 0.25) is 0 Å². The Morgan fingerprint density at radius 3 is 3.14 bits per heavy atom. The number of hydrogen-bond donors (Lipinski definition) is 1. The van der Waals surface area contributed by atoms with Gasteiger partial charge in [-0.05, 0) is 18.9 Å². The van der Waals surface area contributed by atoms with Gasteiger partial charge in [0.05, 0.1) is 6.54 Å². The molecule has 0 unspecified atom stereocenters. The van der Waals surface area contributed by atoms with E-state index >= 15 is 0 Å². The number of thiazole rings is 1. The monoisotopic (exact) mass is 301 g/mol. The molecule has 2 aromatic rings. The van der Waals surface area contributed by atoms with Crippen molar-refractivity contribution in [3.8, 4) is 5.75 Å². The highest BCUT2D eigenvalue weighted by Crippen LogP contribution is 2.29. The molecule has 4 nitrogen and oxygen atoms in total. The summed E-state index contributed by atoms with van der Waals surface area (Å²) in [6.07, 6.45) is 4.66. The zero-order chi connectivity index (χ0) is 14.1. The minimum absolute atomic E-state index is 0.715. The Morgan fingerprint density at radius 1 is 1.33 bits per heavy atom. The summed E-state index contributed by atoms with van der Waals surface area (Å²) in [6, 6.07) is 9.02. The molecule has 1 N–H and O–H groups in total. The fourth-order valence-corrected chi connectivity index (χ4v) is 3.43. The topological polar surface area (TPSA) is 37.4 Å². The van der Waals surface area contributed by atoms with Crippen molar-refractivity contribution in [1.82, 2.24) is 10.3 Å². The number of para-hydroxylation sites is 1. The normalized spacial score (nSPS) is 18.0. The Labute approximate surface area is 128 Å². The van der Waals surface area contributed by atoms with Gasteiger partial charge in [0.1, 0.15) is 12.4 Å². The third-order valence-corrected chi connectivity index (χ3v) is 4.96. The molecule has 1 saturated carbocycles. The lowest BCUT2D eigenvalue weighted by atomic mass is 10.2. The summed E-state index contributed by atoms with van der Waals surface area (Å²) in [4.78, 5) is 8.23. The van der Waals surface area contributed by atoms with Crippen molar-refractivity contribution in [3.05, 3.63) is 40.9 Å². The summed E-state index contributed by atoms with van der Waals surface area (Å²) in [7, 11) is 0. The molecule has 1 fully saturated rings. The molecule has 4 rings (SSSR count). The van der Waals surface area contributed by atoms with E-state index in [1.807, 2.05) is 18.3 Å². The number of nitrogens with one attached hydrogen (secondary N) is 1. The first-order valence-electron chi connectivity index (χ1n) is 7.52. The van der Waals surface area contributed by atoms with Gasteiger partial charge in [0.2, 0.25) is 0 Å². The van der Waals surface area contributed by atoms with Crippen LogP contribution in [0.15, 0.2) is 30.5 Å². The van der Waals surface area contributed by atoms with Gasteiger partial charge in [-0.3, -0.25) is 0 Å². The highest BCUT2D eigenvalue weighted by molar-refractivity contribution is 7.15. The largest absolute Gasteiger partial charge is 0.491 e. The lowest BCUT2D eigenvalue weighted by molar-refractivity contribution is 0.331. The maximum Gasteiger partial charge on any atom is 0.185 e. The smallest absolute Gasteiger partial charge is 0.185 e. The zero-order valence-corrected chi connectivity index (χ0v) is 12.7. The number of fused-ring (bicyclic) bond motifs is 1. The first-order valence-corrected chi connectivity index (χ1v) is 8.34. The van der Waals surface area contributed by atoms with Gasteiger partial charge < -0.3 is 15.0 Å². The standard InChI is InChI=1S/C16H19N3OS/c1-2-4-15-12(3-1)11-19(7-8-20-15)16-18-10-14(21-16)9-17-13-5-6-13/h1-4,10,13,17H,5-9,11H2. The molecule has 0 saturated heterocycles. The summed E-state index contributed by atoms with van der Waals surface area (Å²) >= 11 is 1.79. The van der Waals surface area contributed by atoms with E-state index in [1.54, 1.807) is 11.3 Å². The molecule has 2 heterocycles. The van der Waals surface area contributed by atoms with E-state index in [2.05, 4.69) is 27.3 Å². The summed E-state index contributed by atoms with van der Waals surface area (Å²) in [6.45, 7) is 3.42. The molecule has 5 heteroatoms. The fraction of sp³-hybridized carbons (Fsp3) is 0.438. The Hall–Kier alpha value is -1.59. The van der Waals surface area contributed by atoms with Gasteiger partial charge in [0.15, 0.2) is 5.13 Å². The summed E-state index contributed by atoms with van der Waals surface area (Å²) in [5.41, 5.74) is 1.24. The predicted octanol–water partition coefficient (Wildman–Crippen LogP) is 2.79. The SMILES string of the molecule is c1ccc2c(c1)CN(c1ncc(CNC3CC3)s1)CCO2. The van der Waals surface area contributed by atoms with E-state index in [0.717, 1.165) is 36.6 Å². The Bertz CT molecular complexity index is 623. The van der Waals surface area contributed by atoms with Crippen LogP contribution in [0.1, 0.15) is 23.3 Å². The van der Waals surface area contributed by atoms with Crippen LogP contribution in [-0.4, -0.2) is 24.2 Å². The minimum Gasteiger partial charge on any atom is -0.491 e. The first kappa shape index (κ1) is 13.1. The van der Waals surface area contributed by atoms with Crippen molar-refractivity contribution in [3.63, 3.8) is 0 Å². The highest BCUT2D eigenvalue weighted by Gasteiger charge is 2.21. The Kier molecular flexibility index (Phi) is 3.53. The van der Waals surface area contributed by atoms with E-state index in [-0.39, 0.29) is 0 Å². The van der Waals surface area contributed by atoms with Crippen molar-refractivity contribution in [2.24, 2.45) is 0 Å². The number of rotatable bonds is 4. The van der Waals surface area contributed by atoms with Crippen LogP contribution in [0.25, 0.3) is 0 Å². The lowest BCUT2D eigenvalue weighted by Gasteiger charge is -2.18. The maximum atomic E-state index is 5.82. The second kappa shape index (κ2) is 5.66. The van der Waals surface area contributed by atoms with Crippen molar-refractivity contribution in [2.45, 2.75) is 32.0 Å². The summed E-state index contributed by atoms with van der Waals surface area (Å²) < 4.78 is 5.82. The average molecular weight is 301 g/mol. The molecular formula is C16H19N3OS. The van der Waals surface area contributed by atoms with Crippen LogP contribution in [0.3, 0.4) is 0 Å². The van der Waals surface area contributed by atoms with E-state index in [1.165, 1.54) is 23.3 Å². The maximum absolute atomic E-state index is 5.82. The van der Waals surface area contributed by atoms with E-state index in [0.29, 0.717) is 6.61 Å². The second-order valence-corrected chi connectivity index (χ2v) is 6.74. The molecule has 0 radical (unpaired) electrons. The zero-order valence-electron chi connectivity index (χ0n) is 11.9. The highest BCUT2D eigenvalue weighted by atomic mass is 32.1. The molecule has 0 bridgehead atoms. The number of nitrogens with zero attached hydrogens (tertiary/aromatic N) is 2. The van der Waals surface area contributed by atoms with Gasteiger partial charge in [-0.2, -0.15) is 0 Å². The first-order chi connectivity index (χ1) is 10.4. The van der Waals surface area contributed by atoms with Gasteiger partial charge in [0, 0.05) is 35.8 Å². The van der Waals surface area contributed by atoms with E-state index < -0.39 is 0 Å². The molecule has 110 valence electrons. The predicted molar refractivity (Wildman–Crippen MR) is 85.0 cm³/mol. The molecule has 1 aromatic heterocycles. The molecule has 0 amide bonds. The number of aromatic nitrogens is 1. The third-order valence-electron chi connectivity index (χ3n) is 3.91. The number of anilines is 1. The fourth-order valence-electron chi connectivity index (χ4n) is 2.55. The molecule has 2 aliphatic rings. The second-order valence-electron chi connectivity index (χ2n) is 5.64. The van der Waals surface area contributed by atoms with Crippen LogP contribution in [-0.2, 0) is 13.1 Å². The van der Waals surface area contributed by atoms with Gasteiger partial charge in [0.25, 0.3) is 0 Å². The number of hydrogen-bond acceptors (Lipinski definition) is 5. The van der Waals surface area contributed by atoms with E-state index in [4.69, 9.17) is 4.74 Å². The number of benzene rings is 1.